The molecule has 4 rings (SSSR count). The molecule has 0 spiro atoms. The maximum atomic E-state index is 14.2. The Balaban J connectivity index is 1.44. The third-order valence-corrected chi connectivity index (χ3v) is 6.54. The first-order valence-electron chi connectivity index (χ1n) is 12.0. The van der Waals surface area contributed by atoms with E-state index in [2.05, 4.69) is 11.4 Å². The van der Waals surface area contributed by atoms with Crippen LogP contribution in [-0.2, 0) is 4.74 Å². The minimum atomic E-state index is -0.447. The van der Waals surface area contributed by atoms with Crippen molar-refractivity contribution in [2.24, 2.45) is 5.92 Å². The van der Waals surface area contributed by atoms with Crippen molar-refractivity contribution in [1.29, 1.82) is 5.26 Å². The molecule has 0 radical (unpaired) electrons. The average Bonchev–Trinajstić information content (AvgIpc) is 3.35. The molecule has 1 amide bonds. The molecule has 0 heterocycles. The van der Waals surface area contributed by atoms with Gasteiger partial charge in [0.25, 0.3) is 0 Å². The molecule has 0 aliphatic heterocycles. The van der Waals surface area contributed by atoms with E-state index in [0.29, 0.717) is 30.3 Å². The summed E-state index contributed by atoms with van der Waals surface area (Å²) in [7, 11) is 1.36. The molecule has 1 N–H and O–H groups in total. The first-order chi connectivity index (χ1) is 17.6. The van der Waals surface area contributed by atoms with Crippen molar-refractivity contribution in [3.63, 3.8) is 0 Å². The third kappa shape index (κ3) is 6.33. The fourth-order valence-corrected chi connectivity index (χ4v) is 4.88. The van der Waals surface area contributed by atoms with Crippen molar-refractivity contribution < 1.29 is 23.4 Å². The second kappa shape index (κ2) is 12.1. The number of carbonyl (C=O) groups excluding carboxylic acids is 1. The Hall–Kier alpha value is -4.05. The second-order valence-corrected chi connectivity index (χ2v) is 8.77. The SMILES string of the molecule is COC(=O)N[C@H]1CCC[C@@H]1C(c1ccc(OCCOc2ccc(C#N)cc2)cc1)c1cccc(F)c1. The summed E-state index contributed by atoms with van der Waals surface area (Å²) in [6.45, 7) is 0.725. The predicted molar refractivity (Wildman–Crippen MR) is 134 cm³/mol. The molecule has 3 aromatic rings. The van der Waals surface area contributed by atoms with E-state index in [1.807, 2.05) is 30.3 Å². The van der Waals surface area contributed by atoms with Crippen LogP contribution in [0.2, 0.25) is 0 Å². The second-order valence-electron chi connectivity index (χ2n) is 8.77. The number of nitriles is 1. The number of halogens is 1. The van der Waals surface area contributed by atoms with Gasteiger partial charge < -0.3 is 19.5 Å². The van der Waals surface area contributed by atoms with E-state index in [9.17, 15) is 9.18 Å². The maximum Gasteiger partial charge on any atom is 0.407 e. The molecule has 1 aliphatic rings. The van der Waals surface area contributed by atoms with Crippen LogP contribution >= 0.6 is 0 Å². The van der Waals surface area contributed by atoms with Crippen molar-refractivity contribution in [3.05, 3.63) is 95.3 Å². The van der Waals surface area contributed by atoms with Crippen molar-refractivity contribution in [2.45, 2.75) is 31.2 Å². The summed E-state index contributed by atoms with van der Waals surface area (Å²) in [5, 5.41) is 11.8. The van der Waals surface area contributed by atoms with Gasteiger partial charge in [0.2, 0.25) is 0 Å². The number of alkyl carbamates (subject to hydrolysis) is 1. The quantitative estimate of drug-likeness (QED) is 0.385. The molecule has 1 saturated carbocycles. The average molecular weight is 489 g/mol. The van der Waals surface area contributed by atoms with E-state index in [4.69, 9.17) is 19.5 Å². The Morgan fingerprint density at radius 3 is 2.28 bits per heavy atom. The lowest BCUT2D eigenvalue weighted by Crippen LogP contribution is -2.39. The molecule has 0 bridgehead atoms. The summed E-state index contributed by atoms with van der Waals surface area (Å²) in [6.07, 6.45) is 2.30. The topological polar surface area (TPSA) is 80.6 Å². The van der Waals surface area contributed by atoms with Gasteiger partial charge in [-0.3, -0.25) is 0 Å². The zero-order chi connectivity index (χ0) is 25.3. The molecule has 3 aromatic carbocycles. The van der Waals surface area contributed by atoms with Gasteiger partial charge >= 0.3 is 6.09 Å². The van der Waals surface area contributed by atoms with Crippen LogP contribution in [0.3, 0.4) is 0 Å². The van der Waals surface area contributed by atoms with Gasteiger partial charge in [-0.15, -0.1) is 0 Å². The lowest BCUT2D eigenvalue weighted by molar-refractivity contribution is 0.162. The highest BCUT2D eigenvalue weighted by Crippen LogP contribution is 2.42. The van der Waals surface area contributed by atoms with Crippen LogP contribution in [0.4, 0.5) is 9.18 Å². The van der Waals surface area contributed by atoms with Crippen molar-refractivity contribution in [3.8, 4) is 17.6 Å². The molecule has 1 aliphatic carbocycles. The number of nitrogens with one attached hydrogen (secondary N) is 1. The summed E-state index contributed by atoms with van der Waals surface area (Å²) in [4.78, 5) is 11.9. The predicted octanol–water partition coefficient (Wildman–Crippen LogP) is 5.81. The van der Waals surface area contributed by atoms with E-state index < -0.39 is 6.09 Å². The molecule has 3 atom stereocenters. The molecule has 0 saturated heterocycles. The van der Waals surface area contributed by atoms with Crippen LogP contribution in [-0.4, -0.2) is 32.5 Å². The lowest BCUT2D eigenvalue weighted by Gasteiger charge is -2.30. The van der Waals surface area contributed by atoms with Crippen LogP contribution < -0.4 is 14.8 Å². The molecule has 36 heavy (non-hydrogen) atoms. The van der Waals surface area contributed by atoms with Gasteiger partial charge in [0, 0.05) is 12.0 Å². The van der Waals surface area contributed by atoms with Crippen LogP contribution in [0, 0.1) is 23.1 Å². The number of carbonyl (C=O) groups is 1. The standard InChI is InChI=1S/C29H29FN2O4/c1-34-29(33)32-27-7-3-6-26(27)28(22-4-2-5-23(30)18-22)21-10-14-25(15-11-21)36-17-16-35-24-12-8-20(19-31)9-13-24/h2,4-5,8-15,18,26-28H,3,6-7,16-17H2,1H3,(H,32,33)/t26-,27-,28?/m0/s1. The number of nitrogens with zero attached hydrogens (tertiary/aromatic N) is 1. The fourth-order valence-electron chi connectivity index (χ4n) is 4.88. The summed E-state index contributed by atoms with van der Waals surface area (Å²) >= 11 is 0. The number of ether oxygens (including phenoxy) is 3. The molecule has 7 heteroatoms. The normalized spacial score (nSPS) is 17.6. The van der Waals surface area contributed by atoms with E-state index in [1.54, 1.807) is 36.4 Å². The molecule has 1 fully saturated rings. The molecular weight excluding hydrogens is 459 g/mol. The van der Waals surface area contributed by atoms with E-state index in [1.165, 1.54) is 13.2 Å². The Morgan fingerprint density at radius 2 is 1.67 bits per heavy atom. The minimum Gasteiger partial charge on any atom is -0.490 e. The zero-order valence-corrected chi connectivity index (χ0v) is 20.2. The fraction of sp³-hybridized carbons (Fsp3) is 0.310. The summed E-state index contributed by atoms with van der Waals surface area (Å²) in [5.74, 6) is 1.13. The highest BCUT2D eigenvalue weighted by Gasteiger charge is 2.36. The van der Waals surface area contributed by atoms with Crippen molar-refractivity contribution >= 4 is 6.09 Å². The van der Waals surface area contributed by atoms with Gasteiger partial charge in [0.1, 0.15) is 30.5 Å². The van der Waals surface area contributed by atoms with Gasteiger partial charge in [-0.25, -0.2) is 9.18 Å². The smallest absolute Gasteiger partial charge is 0.407 e. The minimum absolute atomic E-state index is 0.0546. The first-order valence-corrected chi connectivity index (χ1v) is 12.0. The Bertz CT molecular complexity index is 1190. The Kier molecular flexibility index (Phi) is 8.40. The van der Waals surface area contributed by atoms with Crippen LogP contribution in [0.15, 0.2) is 72.8 Å². The largest absolute Gasteiger partial charge is 0.490 e. The molecule has 1 unspecified atom stereocenters. The van der Waals surface area contributed by atoms with Crippen molar-refractivity contribution in [2.75, 3.05) is 20.3 Å². The monoisotopic (exact) mass is 488 g/mol. The zero-order valence-electron chi connectivity index (χ0n) is 20.2. The van der Waals surface area contributed by atoms with Crippen LogP contribution in [0.1, 0.15) is 41.9 Å². The number of rotatable bonds is 9. The van der Waals surface area contributed by atoms with E-state index in [0.717, 1.165) is 30.4 Å². The summed E-state index contributed by atoms with van der Waals surface area (Å²) in [6, 6.07) is 23.4. The molecule has 6 nitrogen and oxygen atoms in total. The van der Waals surface area contributed by atoms with E-state index in [-0.39, 0.29) is 23.7 Å². The van der Waals surface area contributed by atoms with Gasteiger partial charge in [0.05, 0.1) is 18.7 Å². The first kappa shape index (κ1) is 25.1. The number of methoxy groups -OCH3 is 1. The van der Waals surface area contributed by atoms with Gasteiger partial charge in [-0.1, -0.05) is 30.7 Å². The molecule has 0 aromatic heterocycles. The number of amides is 1. The number of hydrogen-bond acceptors (Lipinski definition) is 5. The number of hydrogen-bond donors (Lipinski definition) is 1. The van der Waals surface area contributed by atoms with Gasteiger partial charge in [-0.05, 0) is 78.4 Å². The molecule has 186 valence electrons. The third-order valence-electron chi connectivity index (χ3n) is 6.54. The van der Waals surface area contributed by atoms with Crippen LogP contribution in [0.25, 0.3) is 0 Å². The summed E-state index contributed by atoms with van der Waals surface area (Å²) in [5.41, 5.74) is 2.49. The van der Waals surface area contributed by atoms with Gasteiger partial charge in [-0.2, -0.15) is 5.26 Å². The lowest BCUT2D eigenvalue weighted by atomic mass is 9.78. The van der Waals surface area contributed by atoms with Crippen molar-refractivity contribution in [1.82, 2.24) is 5.32 Å². The highest BCUT2D eigenvalue weighted by atomic mass is 19.1. The summed E-state index contributed by atoms with van der Waals surface area (Å²) < 4.78 is 30.5. The highest BCUT2D eigenvalue weighted by molar-refractivity contribution is 5.67. The Labute approximate surface area is 210 Å². The maximum absolute atomic E-state index is 14.2. The molecular formula is C29H29FN2O4. The van der Waals surface area contributed by atoms with E-state index >= 15 is 0 Å². The Morgan fingerprint density at radius 1 is 1.00 bits per heavy atom. The number of benzene rings is 3. The van der Waals surface area contributed by atoms with Crippen LogP contribution in [0.5, 0.6) is 11.5 Å². The van der Waals surface area contributed by atoms with Gasteiger partial charge in [0.15, 0.2) is 0 Å².